The van der Waals surface area contributed by atoms with E-state index in [4.69, 9.17) is 11.6 Å². The molecule has 0 aliphatic carbocycles. The van der Waals surface area contributed by atoms with Gasteiger partial charge < -0.3 is 10.6 Å². The molecule has 126 valence electrons. The van der Waals surface area contributed by atoms with Crippen molar-refractivity contribution in [3.8, 4) is 0 Å². The standard InChI is InChI=1S/C19H17ClN4O/c1-12-6-13(2)8-16(7-12)23-18-10-17(21-11-22-18)19(25)24-15-5-3-4-14(20)9-15/h3-11H,1-2H3,(H,24,25)(H,21,22,23). The van der Waals surface area contributed by atoms with Crippen LogP contribution in [0.3, 0.4) is 0 Å². The zero-order valence-electron chi connectivity index (χ0n) is 13.9. The molecule has 0 aliphatic heterocycles. The Bertz CT molecular complexity index is 907. The van der Waals surface area contributed by atoms with Crippen LogP contribution in [0.25, 0.3) is 0 Å². The van der Waals surface area contributed by atoms with Crippen molar-refractivity contribution in [1.29, 1.82) is 0 Å². The number of carbonyl (C=O) groups excluding carboxylic acids is 1. The number of rotatable bonds is 4. The van der Waals surface area contributed by atoms with Crippen molar-refractivity contribution in [2.24, 2.45) is 0 Å². The normalized spacial score (nSPS) is 10.4. The van der Waals surface area contributed by atoms with Crippen LogP contribution in [0.5, 0.6) is 0 Å². The maximum Gasteiger partial charge on any atom is 0.274 e. The highest BCUT2D eigenvalue weighted by atomic mass is 35.5. The number of carbonyl (C=O) groups is 1. The van der Waals surface area contributed by atoms with Crippen LogP contribution < -0.4 is 10.6 Å². The smallest absolute Gasteiger partial charge is 0.274 e. The lowest BCUT2D eigenvalue weighted by Crippen LogP contribution is -2.14. The third-order valence-corrected chi connectivity index (χ3v) is 3.71. The van der Waals surface area contributed by atoms with Crippen LogP contribution >= 0.6 is 11.6 Å². The molecule has 0 aliphatic rings. The fourth-order valence-electron chi connectivity index (χ4n) is 2.51. The zero-order valence-corrected chi connectivity index (χ0v) is 14.6. The number of benzene rings is 2. The maximum atomic E-state index is 12.4. The number of aromatic nitrogens is 2. The van der Waals surface area contributed by atoms with E-state index >= 15 is 0 Å². The fraction of sp³-hybridized carbons (Fsp3) is 0.105. The summed E-state index contributed by atoms with van der Waals surface area (Å²) in [5.41, 5.74) is 4.09. The Balaban J connectivity index is 1.77. The van der Waals surface area contributed by atoms with Crippen molar-refractivity contribution < 1.29 is 4.79 Å². The van der Waals surface area contributed by atoms with Gasteiger partial charge in [-0.05, 0) is 55.3 Å². The number of anilines is 3. The summed E-state index contributed by atoms with van der Waals surface area (Å²) in [6.07, 6.45) is 1.36. The van der Waals surface area contributed by atoms with Gasteiger partial charge in [0.25, 0.3) is 5.91 Å². The molecule has 0 atom stereocenters. The molecular formula is C19H17ClN4O. The summed E-state index contributed by atoms with van der Waals surface area (Å²) in [4.78, 5) is 20.6. The summed E-state index contributed by atoms with van der Waals surface area (Å²) in [7, 11) is 0. The number of hydrogen-bond acceptors (Lipinski definition) is 4. The lowest BCUT2D eigenvalue weighted by Gasteiger charge is -2.09. The number of hydrogen-bond donors (Lipinski definition) is 2. The molecule has 6 heteroatoms. The zero-order chi connectivity index (χ0) is 17.8. The van der Waals surface area contributed by atoms with Crippen molar-refractivity contribution in [3.05, 3.63) is 76.7 Å². The summed E-state index contributed by atoms with van der Waals surface area (Å²) in [6.45, 7) is 4.06. The van der Waals surface area contributed by atoms with E-state index in [9.17, 15) is 4.79 Å². The molecule has 0 bridgehead atoms. The highest BCUT2D eigenvalue weighted by Gasteiger charge is 2.10. The number of nitrogens with one attached hydrogen (secondary N) is 2. The third kappa shape index (κ3) is 4.55. The van der Waals surface area contributed by atoms with E-state index in [0.717, 1.165) is 16.8 Å². The Kier molecular flexibility index (Phi) is 4.95. The molecule has 0 unspecified atom stereocenters. The average molecular weight is 353 g/mol. The molecule has 0 saturated heterocycles. The molecule has 25 heavy (non-hydrogen) atoms. The van der Waals surface area contributed by atoms with Gasteiger partial charge in [0, 0.05) is 22.5 Å². The Labute approximate surface area is 151 Å². The van der Waals surface area contributed by atoms with E-state index in [1.165, 1.54) is 6.33 Å². The Morgan fingerprint density at radius 3 is 2.44 bits per heavy atom. The molecule has 0 spiro atoms. The van der Waals surface area contributed by atoms with E-state index in [1.54, 1.807) is 30.3 Å². The van der Waals surface area contributed by atoms with Gasteiger partial charge in [0.05, 0.1) is 0 Å². The molecule has 0 saturated carbocycles. The van der Waals surface area contributed by atoms with Gasteiger partial charge in [-0.2, -0.15) is 0 Å². The van der Waals surface area contributed by atoms with Gasteiger partial charge in [-0.15, -0.1) is 0 Å². The topological polar surface area (TPSA) is 66.9 Å². The molecule has 1 amide bonds. The fourth-order valence-corrected chi connectivity index (χ4v) is 2.70. The molecule has 3 rings (SSSR count). The minimum Gasteiger partial charge on any atom is -0.340 e. The van der Waals surface area contributed by atoms with Gasteiger partial charge in [0.15, 0.2) is 0 Å². The molecular weight excluding hydrogens is 336 g/mol. The van der Waals surface area contributed by atoms with Gasteiger partial charge in [0.2, 0.25) is 0 Å². The molecule has 0 fully saturated rings. The number of amides is 1. The minimum absolute atomic E-state index is 0.266. The Morgan fingerprint density at radius 2 is 1.72 bits per heavy atom. The van der Waals surface area contributed by atoms with E-state index in [-0.39, 0.29) is 11.6 Å². The van der Waals surface area contributed by atoms with Gasteiger partial charge in [0.1, 0.15) is 17.8 Å². The number of aryl methyl sites for hydroxylation is 2. The van der Waals surface area contributed by atoms with Crippen LogP contribution in [-0.4, -0.2) is 15.9 Å². The number of nitrogens with zero attached hydrogens (tertiary/aromatic N) is 2. The van der Waals surface area contributed by atoms with E-state index < -0.39 is 0 Å². The quantitative estimate of drug-likeness (QED) is 0.711. The van der Waals surface area contributed by atoms with Crippen LogP contribution in [-0.2, 0) is 0 Å². The summed E-state index contributed by atoms with van der Waals surface area (Å²) >= 11 is 5.93. The van der Waals surface area contributed by atoms with Gasteiger partial charge >= 0.3 is 0 Å². The Morgan fingerprint density at radius 1 is 0.960 bits per heavy atom. The maximum absolute atomic E-state index is 12.4. The predicted octanol–water partition coefficient (Wildman–Crippen LogP) is 4.74. The van der Waals surface area contributed by atoms with Crippen molar-refractivity contribution in [2.45, 2.75) is 13.8 Å². The van der Waals surface area contributed by atoms with Crippen LogP contribution in [0, 0.1) is 13.8 Å². The first-order valence-corrected chi connectivity index (χ1v) is 8.12. The first-order chi connectivity index (χ1) is 12.0. The van der Waals surface area contributed by atoms with Crippen LogP contribution in [0.4, 0.5) is 17.2 Å². The minimum atomic E-state index is -0.326. The van der Waals surface area contributed by atoms with E-state index in [0.29, 0.717) is 16.5 Å². The summed E-state index contributed by atoms with van der Waals surface area (Å²) in [5.74, 6) is 0.226. The second-order valence-electron chi connectivity index (χ2n) is 5.75. The molecule has 5 nitrogen and oxygen atoms in total. The Hall–Kier alpha value is -2.92. The van der Waals surface area contributed by atoms with Gasteiger partial charge in [-0.3, -0.25) is 4.79 Å². The van der Waals surface area contributed by atoms with Gasteiger partial charge in [-0.25, -0.2) is 9.97 Å². The number of halogens is 1. The summed E-state index contributed by atoms with van der Waals surface area (Å²) in [6, 6.07) is 14.7. The van der Waals surface area contributed by atoms with E-state index in [2.05, 4.69) is 26.7 Å². The molecule has 1 aromatic heterocycles. The summed E-state index contributed by atoms with van der Waals surface area (Å²) in [5, 5.41) is 6.52. The SMILES string of the molecule is Cc1cc(C)cc(Nc2cc(C(=O)Nc3cccc(Cl)c3)ncn2)c1. The monoisotopic (exact) mass is 352 g/mol. The first kappa shape index (κ1) is 16.9. The van der Waals surface area contributed by atoms with Crippen molar-refractivity contribution in [3.63, 3.8) is 0 Å². The van der Waals surface area contributed by atoms with Gasteiger partial charge in [-0.1, -0.05) is 23.7 Å². The second-order valence-corrected chi connectivity index (χ2v) is 6.19. The second kappa shape index (κ2) is 7.32. The van der Waals surface area contributed by atoms with Crippen LogP contribution in [0.15, 0.2) is 54.9 Å². The van der Waals surface area contributed by atoms with Crippen LogP contribution in [0.2, 0.25) is 5.02 Å². The molecule has 2 N–H and O–H groups in total. The first-order valence-electron chi connectivity index (χ1n) is 7.74. The van der Waals surface area contributed by atoms with E-state index in [1.807, 2.05) is 26.0 Å². The lowest BCUT2D eigenvalue weighted by molar-refractivity contribution is 0.102. The average Bonchev–Trinajstić information content (AvgIpc) is 2.54. The highest BCUT2D eigenvalue weighted by molar-refractivity contribution is 6.30. The van der Waals surface area contributed by atoms with Crippen molar-refractivity contribution >= 4 is 34.7 Å². The molecule has 3 aromatic rings. The predicted molar refractivity (Wildman–Crippen MR) is 101 cm³/mol. The van der Waals surface area contributed by atoms with Crippen molar-refractivity contribution in [1.82, 2.24) is 9.97 Å². The lowest BCUT2D eigenvalue weighted by atomic mass is 10.1. The molecule has 1 heterocycles. The molecule has 2 aromatic carbocycles. The van der Waals surface area contributed by atoms with Crippen molar-refractivity contribution in [2.75, 3.05) is 10.6 Å². The largest absolute Gasteiger partial charge is 0.340 e. The molecule has 0 radical (unpaired) electrons. The highest BCUT2D eigenvalue weighted by Crippen LogP contribution is 2.19. The van der Waals surface area contributed by atoms with Crippen LogP contribution in [0.1, 0.15) is 21.6 Å². The third-order valence-electron chi connectivity index (χ3n) is 3.48. The summed E-state index contributed by atoms with van der Waals surface area (Å²) < 4.78 is 0.